The van der Waals surface area contributed by atoms with E-state index in [1.165, 1.54) is 19.3 Å². The number of piperidine rings is 2. The summed E-state index contributed by atoms with van der Waals surface area (Å²) < 4.78 is 2.05. The van der Waals surface area contributed by atoms with E-state index < -0.39 is 11.9 Å². The first kappa shape index (κ1) is 25.9. The fourth-order valence-corrected chi connectivity index (χ4v) is 7.31. The molecule has 3 fully saturated rings. The predicted molar refractivity (Wildman–Crippen MR) is 153 cm³/mol. The molecule has 3 aromatic rings. The SMILES string of the molecule is CC1(CN2CCC(C#N)CC2n2cc(Cc3ccc4c5c(cccc35)C(=O)N4C3CCC(=O)NC3=O)cn2)CCC1. The van der Waals surface area contributed by atoms with Crippen LogP contribution in [-0.2, 0) is 16.0 Å². The third kappa shape index (κ3) is 4.41. The monoisotopic (exact) mass is 550 g/mol. The fraction of sp³-hybridized carbons (Fsp3) is 0.469. The average Bonchev–Trinajstić information content (AvgIpc) is 3.53. The van der Waals surface area contributed by atoms with Crippen molar-refractivity contribution in [3.8, 4) is 6.07 Å². The lowest BCUT2D eigenvalue weighted by Gasteiger charge is -2.46. The molecule has 3 unspecified atom stereocenters. The van der Waals surface area contributed by atoms with E-state index in [1.807, 2.05) is 36.5 Å². The summed E-state index contributed by atoms with van der Waals surface area (Å²) in [5.74, 6) is -0.879. The molecule has 9 nitrogen and oxygen atoms in total. The molecule has 1 N–H and O–H groups in total. The van der Waals surface area contributed by atoms with Crippen molar-refractivity contribution >= 4 is 34.2 Å². The summed E-state index contributed by atoms with van der Waals surface area (Å²) >= 11 is 0. The second-order valence-electron chi connectivity index (χ2n) is 12.6. The summed E-state index contributed by atoms with van der Waals surface area (Å²) in [5.41, 5.74) is 3.83. The number of hydrogen-bond donors (Lipinski definition) is 1. The first-order valence-corrected chi connectivity index (χ1v) is 14.7. The van der Waals surface area contributed by atoms with Gasteiger partial charge in [0.05, 0.1) is 23.9 Å². The zero-order valence-electron chi connectivity index (χ0n) is 23.3. The summed E-state index contributed by atoms with van der Waals surface area (Å²) in [6, 6.07) is 11.5. The number of carbonyl (C=O) groups is 3. The lowest BCUT2D eigenvalue weighted by Crippen LogP contribution is -2.53. The Morgan fingerprint density at radius 2 is 2.00 bits per heavy atom. The maximum absolute atomic E-state index is 13.5. The van der Waals surface area contributed by atoms with Crippen LogP contribution in [0.15, 0.2) is 42.7 Å². The van der Waals surface area contributed by atoms with E-state index >= 15 is 0 Å². The topological polar surface area (TPSA) is 111 Å². The van der Waals surface area contributed by atoms with Crippen LogP contribution in [0.25, 0.3) is 10.8 Å². The quantitative estimate of drug-likeness (QED) is 0.458. The number of aromatic nitrogens is 2. The van der Waals surface area contributed by atoms with Crippen molar-refractivity contribution in [1.82, 2.24) is 20.0 Å². The number of anilines is 1. The van der Waals surface area contributed by atoms with Gasteiger partial charge in [-0.25, -0.2) is 0 Å². The van der Waals surface area contributed by atoms with Gasteiger partial charge < -0.3 is 0 Å². The molecule has 3 atom stereocenters. The smallest absolute Gasteiger partial charge is 0.259 e. The first-order chi connectivity index (χ1) is 19.8. The van der Waals surface area contributed by atoms with Crippen LogP contribution in [0.4, 0.5) is 5.69 Å². The van der Waals surface area contributed by atoms with Gasteiger partial charge in [0.15, 0.2) is 0 Å². The van der Waals surface area contributed by atoms with E-state index in [0.717, 1.165) is 53.5 Å². The van der Waals surface area contributed by atoms with Crippen LogP contribution in [0.5, 0.6) is 0 Å². The van der Waals surface area contributed by atoms with E-state index in [-0.39, 0.29) is 30.3 Å². The highest BCUT2D eigenvalue weighted by Gasteiger charge is 2.41. The molecule has 41 heavy (non-hydrogen) atoms. The van der Waals surface area contributed by atoms with Gasteiger partial charge in [-0.1, -0.05) is 31.5 Å². The van der Waals surface area contributed by atoms with E-state index in [4.69, 9.17) is 5.10 Å². The van der Waals surface area contributed by atoms with Gasteiger partial charge >= 0.3 is 0 Å². The number of imide groups is 1. The van der Waals surface area contributed by atoms with Crippen molar-refractivity contribution < 1.29 is 14.4 Å². The number of likely N-dealkylation sites (tertiary alicyclic amines) is 1. The normalized spacial score (nSPS) is 25.7. The molecule has 7 rings (SSSR count). The standard InChI is InChI=1S/C32H34N6O3/c1-32(11-3-12-32)19-36-13-10-20(16-33)15-28(36)37-18-21(17-34-37)14-22-6-7-25-29-23(22)4-2-5-24(29)31(41)38(25)26-8-9-27(39)35-30(26)40/h2,4-7,17-18,20,26,28H,3,8-15,19H2,1H3,(H,35,39,40). The maximum atomic E-state index is 13.5. The van der Waals surface area contributed by atoms with Gasteiger partial charge in [0, 0.05) is 43.1 Å². The van der Waals surface area contributed by atoms with Crippen molar-refractivity contribution in [2.75, 3.05) is 18.0 Å². The molecular formula is C32H34N6O3. The van der Waals surface area contributed by atoms with Crippen LogP contribution in [-0.4, -0.2) is 51.5 Å². The average molecular weight is 551 g/mol. The second-order valence-corrected chi connectivity index (χ2v) is 12.6. The summed E-state index contributed by atoms with van der Waals surface area (Å²) in [4.78, 5) is 41.9. The summed E-state index contributed by atoms with van der Waals surface area (Å²) in [7, 11) is 0. The number of amides is 3. The van der Waals surface area contributed by atoms with Crippen LogP contribution in [0.1, 0.15) is 79.5 Å². The van der Waals surface area contributed by atoms with Crippen molar-refractivity contribution in [2.45, 2.75) is 70.5 Å². The molecule has 4 aliphatic rings. The fourth-order valence-electron chi connectivity index (χ4n) is 7.31. The molecule has 4 heterocycles. The van der Waals surface area contributed by atoms with Crippen molar-refractivity contribution in [3.63, 3.8) is 0 Å². The largest absolute Gasteiger partial charge is 0.295 e. The van der Waals surface area contributed by atoms with E-state index in [0.29, 0.717) is 23.8 Å². The van der Waals surface area contributed by atoms with Gasteiger partial charge in [0.25, 0.3) is 5.91 Å². The van der Waals surface area contributed by atoms with Gasteiger partial charge in [-0.3, -0.25) is 34.2 Å². The Balaban J connectivity index is 1.17. The highest BCUT2D eigenvalue weighted by atomic mass is 16.2. The van der Waals surface area contributed by atoms with Gasteiger partial charge in [0.2, 0.25) is 11.8 Å². The molecule has 2 aromatic carbocycles. The lowest BCUT2D eigenvalue weighted by atomic mass is 9.70. The number of nitriles is 1. The van der Waals surface area contributed by atoms with Gasteiger partial charge in [-0.2, -0.15) is 10.4 Å². The highest BCUT2D eigenvalue weighted by molar-refractivity contribution is 6.27. The van der Waals surface area contributed by atoms with Gasteiger partial charge in [-0.05, 0) is 66.2 Å². The molecule has 0 radical (unpaired) electrons. The van der Waals surface area contributed by atoms with Gasteiger partial charge in [0.1, 0.15) is 12.2 Å². The number of nitrogens with one attached hydrogen (secondary N) is 1. The van der Waals surface area contributed by atoms with E-state index in [9.17, 15) is 19.6 Å². The molecule has 0 spiro atoms. The molecule has 9 heteroatoms. The van der Waals surface area contributed by atoms with Crippen molar-refractivity contribution in [1.29, 1.82) is 5.26 Å². The molecular weight excluding hydrogens is 516 g/mol. The molecule has 3 aliphatic heterocycles. The second kappa shape index (κ2) is 9.81. The van der Waals surface area contributed by atoms with Crippen LogP contribution in [0, 0.1) is 22.7 Å². The molecule has 2 saturated heterocycles. The maximum Gasteiger partial charge on any atom is 0.259 e. The van der Waals surface area contributed by atoms with Crippen molar-refractivity contribution in [3.05, 3.63) is 59.4 Å². The third-order valence-corrected chi connectivity index (χ3v) is 9.70. The number of benzene rings is 2. The Labute approximate surface area is 239 Å². The highest BCUT2D eigenvalue weighted by Crippen LogP contribution is 2.44. The minimum absolute atomic E-state index is 0.0412. The van der Waals surface area contributed by atoms with Crippen LogP contribution in [0.3, 0.4) is 0 Å². The van der Waals surface area contributed by atoms with E-state index in [1.54, 1.807) is 4.90 Å². The Morgan fingerprint density at radius 1 is 1.15 bits per heavy atom. The summed E-state index contributed by atoms with van der Waals surface area (Å²) in [5, 5.41) is 18.7. The minimum atomic E-state index is -0.697. The molecule has 1 saturated carbocycles. The number of nitrogens with zero attached hydrogens (tertiary/aromatic N) is 5. The third-order valence-electron chi connectivity index (χ3n) is 9.70. The molecule has 1 aliphatic carbocycles. The predicted octanol–water partition coefficient (Wildman–Crippen LogP) is 4.32. The molecule has 3 amide bonds. The lowest BCUT2D eigenvalue weighted by molar-refractivity contribution is -0.134. The number of carbonyl (C=O) groups excluding carboxylic acids is 3. The Kier molecular flexibility index (Phi) is 6.20. The molecule has 1 aromatic heterocycles. The Hall–Kier alpha value is -4.03. The summed E-state index contributed by atoms with van der Waals surface area (Å²) in [6.07, 6.45) is 10.8. The van der Waals surface area contributed by atoms with Gasteiger partial charge in [-0.15, -0.1) is 0 Å². The first-order valence-electron chi connectivity index (χ1n) is 14.7. The molecule has 0 bridgehead atoms. The molecule has 210 valence electrons. The minimum Gasteiger partial charge on any atom is -0.295 e. The number of hydrogen-bond acceptors (Lipinski definition) is 6. The summed E-state index contributed by atoms with van der Waals surface area (Å²) in [6.45, 7) is 4.33. The van der Waals surface area contributed by atoms with Crippen LogP contribution < -0.4 is 10.2 Å². The zero-order chi connectivity index (χ0) is 28.3. The van der Waals surface area contributed by atoms with Crippen molar-refractivity contribution in [2.24, 2.45) is 11.3 Å². The van der Waals surface area contributed by atoms with Crippen LogP contribution in [0.2, 0.25) is 0 Å². The zero-order valence-corrected chi connectivity index (χ0v) is 23.3. The number of rotatable bonds is 6. The Bertz CT molecular complexity index is 1620. The van der Waals surface area contributed by atoms with E-state index in [2.05, 4.69) is 34.1 Å². The van der Waals surface area contributed by atoms with Crippen LogP contribution >= 0.6 is 0 Å². The Morgan fingerprint density at radius 3 is 2.76 bits per heavy atom.